The normalized spacial score (nSPS) is 13.7. The van der Waals surface area contributed by atoms with E-state index in [1.165, 1.54) is 6.07 Å². The number of nitrogens with zero attached hydrogens (tertiary/aromatic N) is 2. The molecule has 0 amide bonds. The maximum atomic E-state index is 12.8. The van der Waals surface area contributed by atoms with Crippen LogP contribution in [-0.2, 0) is 12.6 Å². The van der Waals surface area contributed by atoms with Gasteiger partial charge in [0, 0.05) is 47.3 Å². The number of hydrogen-bond donors (Lipinski definition) is 1. The summed E-state index contributed by atoms with van der Waals surface area (Å²) in [5, 5.41) is 4.12. The Morgan fingerprint density at radius 3 is 2.34 bits per heavy atom. The van der Waals surface area contributed by atoms with Gasteiger partial charge >= 0.3 is 6.18 Å². The lowest BCUT2D eigenvalue weighted by atomic mass is 9.86. The van der Waals surface area contributed by atoms with Gasteiger partial charge in [0.1, 0.15) is 5.60 Å². The van der Waals surface area contributed by atoms with Crippen LogP contribution in [0.15, 0.2) is 73.3 Å². The number of alkyl halides is 3. The molecule has 186 valence electrons. The summed E-state index contributed by atoms with van der Waals surface area (Å²) in [6.07, 6.45) is 0.726. The van der Waals surface area contributed by atoms with Crippen LogP contribution in [0.5, 0.6) is 5.88 Å². The SMILES string of the molecule is C=C(NC(C)C(Cc1ccc(Cl)cc1)c1cncc(C)c1)C(C)(C)Oc1ccc(C(F)(F)F)cn1. The molecular formula is C27H29ClF3N3O. The smallest absolute Gasteiger partial charge is 0.417 e. The number of hydrogen-bond acceptors (Lipinski definition) is 4. The maximum absolute atomic E-state index is 12.8. The van der Waals surface area contributed by atoms with Crippen LogP contribution in [0.4, 0.5) is 13.2 Å². The van der Waals surface area contributed by atoms with Gasteiger partial charge in [0.05, 0.1) is 5.56 Å². The van der Waals surface area contributed by atoms with Crippen molar-refractivity contribution in [1.82, 2.24) is 15.3 Å². The van der Waals surface area contributed by atoms with Gasteiger partial charge < -0.3 is 10.1 Å². The van der Waals surface area contributed by atoms with E-state index >= 15 is 0 Å². The molecule has 0 radical (unpaired) electrons. The second kappa shape index (κ2) is 10.7. The quantitative estimate of drug-likeness (QED) is 0.337. The summed E-state index contributed by atoms with van der Waals surface area (Å²) >= 11 is 6.06. The van der Waals surface area contributed by atoms with Crippen molar-refractivity contribution < 1.29 is 17.9 Å². The first-order valence-corrected chi connectivity index (χ1v) is 11.6. The average molecular weight is 504 g/mol. The van der Waals surface area contributed by atoms with E-state index in [1.54, 1.807) is 13.8 Å². The predicted molar refractivity (Wildman–Crippen MR) is 133 cm³/mol. The van der Waals surface area contributed by atoms with E-state index in [0.717, 1.165) is 35.4 Å². The number of benzene rings is 1. The minimum absolute atomic E-state index is 0.0559. The van der Waals surface area contributed by atoms with Crippen molar-refractivity contribution in [2.45, 2.75) is 57.9 Å². The molecule has 0 saturated heterocycles. The van der Waals surface area contributed by atoms with Crippen molar-refractivity contribution >= 4 is 11.6 Å². The van der Waals surface area contributed by atoms with Crippen molar-refractivity contribution in [3.8, 4) is 5.88 Å². The summed E-state index contributed by atoms with van der Waals surface area (Å²) < 4.78 is 44.4. The summed E-state index contributed by atoms with van der Waals surface area (Å²) in [4.78, 5) is 8.18. The van der Waals surface area contributed by atoms with Gasteiger partial charge in [0.25, 0.3) is 0 Å². The Labute approximate surface area is 209 Å². The first-order valence-electron chi connectivity index (χ1n) is 11.2. The predicted octanol–water partition coefficient (Wildman–Crippen LogP) is 7.13. The first-order chi connectivity index (χ1) is 16.3. The highest BCUT2D eigenvalue weighted by atomic mass is 35.5. The molecular weight excluding hydrogens is 475 g/mol. The van der Waals surface area contributed by atoms with Gasteiger partial charge in [-0.3, -0.25) is 4.98 Å². The Morgan fingerprint density at radius 2 is 1.77 bits per heavy atom. The van der Waals surface area contributed by atoms with Crippen molar-refractivity contribution in [3.05, 3.63) is 101 Å². The molecule has 3 rings (SSSR count). The lowest BCUT2D eigenvalue weighted by Gasteiger charge is -2.34. The van der Waals surface area contributed by atoms with Crippen LogP contribution in [-0.4, -0.2) is 21.6 Å². The fourth-order valence-corrected chi connectivity index (χ4v) is 3.85. The topological polar surface area (TPSA) is 47.0 Å². The van der Waals surface area contributed by atoms with Crippen LogP contribution in [0, 0.1) is 6.92 Å². The minimum atomic E-state index is -4.45. The molecule has 4 nitrogen and oxygen atoms in total. The molecule has 0 fully saturated rings. The third-order valence-corrected chi connectivity index (χ3v) is 6.10. The fraction of sp³-hybridized carbons (Fsp3) is 0.333. The monoisotopic (exact) mass is 503 g/mol. The highest BCUT2D eigenvalue weighted by molar-refractivity contribution is 6.30. The van der Waals surface area contributed by atoms with E-state index in [0.29, 0.717) is 10.7 Å². The van der Waals surface area contributed by atoms with Gasteiger partial charge in [-0.25, -0.2) is 4.98 Å². The molecule has 0 bridgehead atoms. The van der Waals surface area contributed by atoms with Crippen molar-refractivity contribution in [1.29, 1.82) is 0 Å². The number of ether oxygens (including phenoxy) is 1. The van der Waals surface area contributed by atoms with Crippen LogP contribution in [0.25, 0.3) is 0 Å². The number of nitrogens with one attached hydrogen (secondary N) is 1. The van der Waals surface area contributed by atoms with E-state index in [-0.39, 0.29) is 17.8 Å². The fourth-order valence-electron chi connectivity index (χ4n) is 3.72. The molecule has 0 aliphatic heterocycles. The second-order valence-corrected chi connectivity index (χ2v) is 9.58. The molecule has 2 aromatic heterocycles. The number of aromatic nitrogens is 2. The third kappa shape index (κ3) is 7.21. The van der Waals surface area contributed by atoms with E-state index in [9.17, 15) is 13.2 Å². The lowest BCUT2D eigenvalue weighted by Crippen LogP contribution is -2.43. The molecule has 0 aliphatic carbocycles. The van der Waals surface area contributed by atoms with Crippen molar-refractivity contribution in [2.24, 2.45) is 0 Å². The van der Waals surface area contributed by atoms with E-state index < -0.39 is 17.3 Å². The number of aryl methyl sites for hydroxylation is 1. The van der Waals surface area contributed by atoms with E-state index in [4.69, 9.17) is 16.3 Å². The van der Waals surface area contributed by atoms with Gasteiger partial charge in [0.2, 0.25) is 5.88 Å². The number of halogens is 4. The largest absolute Gasteiger partial charge is 0.465 e. The lowest BCUT2D eigenvalue weighted by molar-refractivity contribution is -0.137. The van der Waals surface area contributed by atoms with E-state index in [1.807, 2.05) is 43.6 Å². The first kappa shape index (κ1) is 26.5. The minimum Gasteiger partial charge on any atom is -0.465 e. The molecule has 8 heteroatoms. The molecule has 3 aromatic rings. The van der Waals surface area contributed by atoms with Gasteiger partial charge in [-0.15, -0.1) is 0 Å². The Balaban J connectivity index is 1.76. The van der Waals surface area contributed by atoms with Gasteiger partial charge in [-0.1, -0.05) is 36.4 Å². The van der Waals surface area contributed by atoms with Crippen LogP contribution in [0.3, 0.4) is 0 Å². The average Bonchev–Trinajstić information content (AvgIpc) is 2.78. The Hall–Kier alpha value is -3.06. The Morgan fingerprint density at radius 1 is 1.09 bits per heavy atom. The zero-order valence-electron chi connectivity index (χ0n) is 20.2. The molecule has 2 heterocycles. The highest BCUT2D eigenvalue weighted by Crippen LogP contribution is 2.31. The molecule has 2 unspecified atom stereocenters. The molecule has 35 heavy (non-hydrogen) atoms. The molecule has 0 aliphatic rings. The van der Waals surface area contributed by atoms with Crippen LogP contribution < -0.4 is 10.1 Å². The number of pyridine rings is 2. The Bertz CT molecular complexity index is 1150. The summed E-state index contributed by atoms with van der Waals surface area (Å²) in [6.45, 7) is 11.8. The van der Waals surface area contributed by atoms with Crippen LogP contribution in [0.1, 0.15) is 48.9 Å². The summed E-state index contributed by atoms with van der Waals surface area (Å²) in [5.74, 6) is 0.138. The summed E-state index contributed by atoms with van der Waals surface area (Å²) in [7, 11) is 0. The summed E-state index contributed by atoms with van der Waals surface area (Å²) in [6, 6.07) is 12.0. The van der Waals surface area contributed by atoms with E-state index in [2.05, 4.69) is 34.9 Å². The van der Waals surface area contributed by atoms with Gasteiger partial charge in [-0.2, -0.15) is 13.2 Å². The molecule has 1 N–H and O–H groups in total. The standard InChI is InChI=1S/C27H29ClF3N3O/c1-17-12-21(15-32-14-17)24(13-20-6-9-23(28)10-7-20)18(2)34-19(3)26(4,5)35-25-11-8-22(16-33-25)27(29,30)31/h6-12,14-16,18,24,34H,3,13H2,1-2,4-5H3. The zero-order valence-corrected chi connectivity index (χ0v) is 20.9. The van der Waals surface area contributed by atoms with Gasteiger partial charge in [0.15, 0.2) is 0 Å². The van der Waals surface area contributed by atoms with Crippen LogP contribution >= 0.6 is 11.6 Å². The van der Waals surface area contributed by atoms with Gasteiger partial charge in [-0.05, 0) is 69.0 Å². The molecule has 1 aromatic carbocycles. The van der Waals surface area contributed by atoms with Crippen molar-refractivity contribution in [2.75, 3.05) is 0 Å². The number of rotatable bonds is 9. The maximum Gasteiger partial charge on any atom is 0.417 e. The van der Waals surface area contributed by atoms with Crippen LogP contribution in [0.2, 0.25) is 5.02 Å². The molecule has 0 saturated carbocycles. The Kier molecular flexibility index (Phi) is 8.11. The second-order valence-electron chi connectivity index (χ2n) is 9.14. The zero-order chi connectivity index (χ0) is 25.8. The third-order valence-electron chi connectivity index (χ3n) is 5.85. The summed E-state index contributed by atoms with van der Waals surface area (Å²) in [5.41, 5.74) is 2.09. The highest BCUT2D eigenvalue weighted by Gasteiger charge is 2.32. The molecule has 0 spiro atoms. The van der Waals surface area contributed by atoms with Crippen molar-refractivity contribution in [3.63, 3.8) is 0 Å². The molecule has 2 atom stereocenters.